The lowest BCUT2D eigenvalue weighted by molar-refractivity contribution is -0.123. The van der Waals surface area contributed by atoms with Crippen LogP contribution < -0.4 is 14.9 Å². The maximum atomic E-state index is 12.9. The van der Waals surface area contributed by atoms with Crippen LogP contribution in [-0.4, -0.2) is 52.6 Å². The highest BCUT2D eigenvalue weighted by molar-refractivity contribution is 7.89. The van der Waals surface area contributed by atoms with E-state index in [0.29, 0.717) is 23.9 Å². The van der Waals surface area contributed by atoms with Gasteiger partial charge in [-0.2, -0.15) is 0 Å². The molecule has 172 valence electrons. The van der Waals surface area contributed by atoms with Gasteiger partial charge in [-0.25, -0.2) is 13.1 Å². The van der Waals surface area contributed by atoms with E-state index in [0.717, 1.165) is 18.4 Å². The first-order chi connectivity index (χ1) is 15.2. The fraction of sp³-hybridized carbons (Fsp3) is 0.364. The second-order valence-electron chi connectivity index (χ2n) is 7.53. The zero-order valence-electron chi connectivity index (χ0n) is 17.7. The number of halogens is 1. The van der Waals surface area contributed by atoms with Crippen LogP contribution in [-0.2, 0) is 24.3 Å². The van der Waals surface area contributed by atoms with Gasteiger partial charge in [0.25, 0.3) is 0 Å². The molecule has 2 aromatic carbocycles. The predicted molar refractivity (Wildman–Crippen MR) is 122 cm³/mol. The summed E-state index contributed by atoms with van der Waals surface area (Å²) in [7, 11) is -3.88. The molecule has 1 atom stereocenters. The summed E-state index contributed by atoms with van der Waals surface area (Å²) in [4.78, 5) is 26.7. The van der Waals surface area contributed by atoms with E-state index < -0.39 is 22.5 Å². The minimum absolute atomic E-state index is 0.0278. The van der Waals surface area contributed by atoms with Gasteiger partial charge in [0.05, 0.1) is 17.5 Å². The van der Waals surface area contributed by atoms with E-state index in [-0.39, 0.29) is 23.5 Å². The van der Waals surface area contributed by atoms with E-state index in [1.165, 1.54) is 17.0 Å². The number of carbonyl (C=O) groups excluding carboxylic acids is 2. The number of amides is 2. The van der Waals surface area contributed by atoms with Gasteiger partial charge < -0.3 is 15.0 Å². The highest BCUT2D eigenvalue weighted by Gasteiger charge is 2.23. The summed E-state index contributed by atoms with van der Waals surface area (Å²) < 4.78 is 32.9. The molecule has 8 nitrogen and oxygen atoms in total. The first-order valence-electron chi connectivity index (χ1n) is 10.3. The van der Waals surface area contributed by atoms with E-state index in [4.69, 9.17) is 16.3 Å². The van der Waals surface area contributed by atoms with Crippen LogP contribution in [0.3, 0.4) is 0 Å². The zero-order chi connectivity index (χ0) is 23.1. The highest BCUT2D eigenvalue weighted by atomic mass is 35.5. The Labute approximate surface area is 192 Å². The standard InChI is InChI=1S/C22H26ClN3O5S/c1-16-4-10-20(11-5-16)32(29,30)25-14-22(28)26(18-8-6-17(23)7-9-18)15-21(27)24-13-19-3-2-12-31-19/h4-11,19,25H,2-3,12-15H2,1H3,(H,24,27)/t19-/m1/s1. The number of ether oxygens (including phenoxy) is 1. The summed E-state index contributed by atoms with van der Waals surface area (Å²) in [6.45, 7) is 2.12. The average Bonchev–Trinajstić information content (AvgIpc) is 3.29. The Morgan fingerprint density at radius 1 is 1.12 bits per heavy atom. The number of hydrogen-bond acceptors (Lipinski definition) is 5. The minimum atomic E-state index is -3.88. The van der Waals surface area contributed by atoms with Crippen molar-refractivity contribution in [3.05, 3.63) is 59.1 Å². The van der Waals surface area contributed by atoms with E-state index in [1.807, 2.05) is 6.92 Å². The maximum Gasteiger partial charge on any atom is 0.242 e. The number of nitrogens with zero attached hydrogens (tertiary/aromatic N) is 1. The molecule has 1 saturated heterocycles. The monoisotopic (exact) mass is 479 g/mol. The molecule has 0 radical (unpaired) electrons. The first-order valence-corrected chi connectivity index (χ1v) is 12.1. The van der Waals surface area contributed by atoms with Crippen LogP contribution in [0.1, 0.15) is 18.4 Å². The summed E-state index contributed by atoms with van der Waals surface area (Å²) in [6.07, 6.45) is 1.80. The summed E-state index contributed by atoms with van der Waals surface area (Å²) in [5.74, 6) is -0.944. The van der Waals surface area contributed by atoms with Gasteiger partial charge in [0.1, 0.15) is 6.54 Å². The third-order valence-electron chi connectivity index (χ3n) is 5.04. The number of carbonyl (C=O) groups is 2. The van der Waals surface area contributed by atoms with Crippen LogP contribution in [0.25, 0.3) is 0 Å². The Kier molecular flexibility index (Phi) is 8.25. The fourth-order valence-electron chi connectivity index (χ4n) is 3.23. The SMILES string of the molecule is Cc1ccc(S(=O)(=O)NCC(=O)N(CC(=O)NC[C@H]2CCCO2)c2ccc(Cl)cc2)cc1. The number of sulfonamides is 1. The molecule has 32 heavy (non-hydrogen) atoms. The molecule has 10 heteroatoms. The van der Waals surface area contributed by atoms with Crippen molar-refractivity contribution in [2.45, 2.75) is 30.8 Å². The summed E-state index contributed by atoms with van der Waals surface area (Å²) in [5, 5.41) is 3.25. The molecule has 1 aliphatic heterocycles. The van der Waals surface area contributed by atoms with E-state index in [9.17, 15) is 18.0 Å². The van der Waals surface area contributed by atoms with Crippen molar-refractivity contribution in [1.29, 1.82) is 0 Å². The van der Waals surface area contributed by atoms with Gasteiger partial charge in [-0.1, -0.05) is 29.3 Å². The van der Waals surface area contributed by atoms with Crippen molar-refractivity contribution in [3.8, 4) is 0 Å². The predicted octanol–water partition coefficient (Wildman–Crippen LogP) is 2.26. The smallest absolute Gasteiger partial charge is 0.242 e. The van der Waals surface area contributed by atoms with Gasteiger partial charge in [0.15, 0.2) is 0 Å². The van der Waals surface area contributed by atoms with Gasteiger partial charge in [0, 0.05) is 23.9 Å². The van der Waals surface area contributed by atoms with Crippen molar-refractivity contribution in [3.63, 3.8) is 0 Å². The van der Waals surface area contributed by atoms with Crippen LogP contribution in [0.5, 0.6) is 0 Å². The Hall–Kier alpha value is -2.46. The van der Waals surface area contributed by atoms with Crippen LogP contribution in [0.4, 0.5) is 5.69 Å². The van der Waals surface area contributed by atoms with Gasteiger partial charge in [-0.15, -0.1) is 0 Å². The van der Waals surface area contributed by atoms with Gasteiger partial charge >= 0.3 is 0 Å². The molecule has 0 aromatic heterocycles. The molecule has 0 bridgehead atoms. The maximum absolute atomic E-state index is 12.9. The number of hydrogen-bond donors (Lipinski definition) is 2. The lowest BCUT2D eigenvalue weighted by Crippen LogP contribution is -2.46. The van der Waals surface area contributed by atoms with Crippen LogP contribution in [0, 0.1) is 6.92 Å². The Balaban J connectivity index is 1.67. The quantitative estimate of drug-likeness (QED) is 0.574. The molecule has 1 heterocycles. The van der Waals surface area contributed by atoms with Crippen molar-refractivity contribution >= 4 is 39.1 Å². The molecule has 1 aliphatic rings. The van der Waals surface area contributed by atoms with E-state index in [2.05, 4.69) is 10.0 Å². The molecule has 0 spiro atoms. The molecule has 2 amide bonds. The average molecular weight is 480 g/mol. The van der Waals surface area contributed by atoms with Crippen LogP contribution in [0.2, 0.25) is 5.02 Å². The molecule has 0 saturated carbocycles. The topological polar surface area (TPSA) is 105 Å². The number of rotatable bonds is 9. The zero-order valence-corrected chi connectivity index (χ0v) is 19.3. The van der Waals surface area contributed by atoms with Crippen molar-refractivity contribution in [2.24, 2.45) is 0 Å². The molecule has 1 fully saturated rings. The van der Waals surface area contributed by atoms with Crippen molar-refractivity contribution in [1.82, 2.24) is 10.0 Å². The minimum Gasteiger partial charge on any atom is -0.376 e. The number of anilines is 1. The Bertz CT molecular complexity index is 1040. The van der Waals surface area contributed by atoms with Gasteiger partial charge in [-0.3, -0.25) is 9.59 Å². The lowest BCUT2D eigenvalue weighted by Gasteiger charge is -2.23. The normalized spacial score (nSPS) is 16.0. The molecule has 0 unspecified atom stereocenters. The Morgan fingerprint density at radius 2 is 1.81 bits per heavy atom. The van der Waals surface area contributed by atoms with Crippen LogP contribution >= 0.6 is 11.6 Å². The third kappa shape index (κ3) is 6.77. The number of benzene rings is 2. The lowest BCUT2D eigenvalue weighted by atomic mass is 10.2. The third-order valence-corrected chi connectivity index (χ3v) is 6.71. The molecule has 2 N–H and O–H groups in total. The van der Waals surface area contributed by atoms with Crippen LogP contribution in [0.15, 0.2) is 53.4 Å². The highest BCUT2D eigenvalue weighted by Crippen LogP contribution is 2.18. The molecule has 3 rings (SSSR count). The second kappa shape index (κ2) is 10.9. The largest absolute Gasteiger partial charge is 0.376 e. The molecular formula is C22H26ClN3O5S. The van der Waals surface area contributed by atoms with Gasteiger partial charge in [0.2, 0.25) is 21.8 Å². The van der Waals surface area contributed by atoms with Crippen molar-refractivity contribution < 1.29 is 22.7 Å². The molecular weight excluding hydrogens is 454 g/mol. The summed E-state index contributed by atoms with van der Waals surface area (Å²) in [5.41, 5.74) is 1.35. The second-order valence-corrected chi connectivity index (χ2v) is 9.74. The fourth-order valence-corrected chi connectivity index (χ4v) is 4.33. The number of aryl methyl sites for hydroxylation is 1. The molecule has 2 aromatic rings. The Morgan fingerprint density at radius 3 is 2.44 bits per heavy atom. The molecule has 0 aliphatic carbocycles. The number of nitrogens with one attached hydrogen (secondary N) is 2. The van der Waals surface area contributed by atoms with Gasteiger partial charge in [-0.05, 0) is 56.2 Å². The summed E-state index contributed by atoms with van der Waals surface area (Å²) in [6, 6.07) is 12.7. The van der Waals surface area contributed by atoms with E-state index >= 15 is 0 Å². The van der Waals surface area contributed by atoms with Crippen molar-refractivity contribution in [2.75, 3.05) is 31.1 Å². The first kappa shape index (κ1) is 24.2. The van der Waals surface area contributed by atoms with E-state index in [1.54, 1.807) is 36.4 Å². The summed E-state index contributed by atoms with van der Waals surface area (Å²) >= 11 is 5.94.